The fraction of sp³-hybridized carbons (Fsp3) is 0.318. The molecular weight excluding hydrogens is 564 g/mol. The number of anilines is 1. The Morgan fingerprint density at radius 3 is 2.86 bits per heavy atom. The van der Waals surface area contributed by atoms with E-state index in [9.17, 15) is 27.1 Å². The Hall–Kier alpha value is -2.78. The van der Waals surface area contributed by atoms with Crippen molar-refractivity contribution in [1.82, 2.24) is 19.3 Å². The summed E-state index contributed by atoms with van der Waals surface area (Å²) < 4.78 is 61.5. The minimum atomic E-state index is -4.16. The zero-order valence-corrected chi connectivity index (χ0v) is 21.2. The summed E-state index contributed by atoms with van der Waals surface area (Å²) in [5.74, 6) is -1.28. The standard InChI is InChI=1S/C22H22BrF2N5O5S/c1-26-36(33,34)35-17-7-16(19(25)21(17)32)29-22-15(8-27-11-28-22)20(31)13-6-18(24)30(10-13)9-12-3-2-4-14(23)5-12/h2-6,8,10-11,16-17,19,21,26,32H,7,9H2,1H3,(H,27,28,29)/t16-,17-,19-,21-/m1/s1. The van der Waals surface area contributed by atoms with Gasteiger partial charge in [-0.3, -0.25) is 8.98 Å². The SMILES string of the molecule is CNS(=O)(=O)O[C@@H]1C[C@@H](Nc2ncncc2C(=O)c2cc(F)n(Cc3cccc(Br)c3)c2)[C@@H](F)[C@@H]1O. The van der Waals surface area contributed by atoms with Crippen molar-refractivity contribution < 1.29 is 31.3 Å². The summed E-state index contributed by atoms with van der Waals surface area (Å²) in [7, 11) is -3.05. The van der Waals surface area contributed by atoms with Crippen molar-refractivity contribution in [2.75, 3.05) is 12.4 Å². The number of benzene rings is 1. The number of aliphatic hydroxyl groups is 1. The molecule has 1 saturated carbocycles. The number of nitrogens with zero attached hydrogens (tertiary/aromatic N) is 3. The van der Waals surface area contributed by atoms with Gasteiger partial charge in [0.1, 0.15) is 30.5 Å². The second-order valence-electron chi connectivity index (χ2n) is 8.14. The number of hydrogen-bond acceptors (Lipinski definition) is 8. The number of nitrogens with one attached hydrogen (secondary N) is 2. The van der Waals surface area contributed by atoms with Crippen LogP contribution < -0.4 is 10.0 Å². The number of ketones is 1. The molecule has 2 aromatic heterocycles. The van der Waals surface area contributed by atoms with Gasteiger partial charge in [-0.2, -0.15) is 17.5 Å². The fourth-order valence-electron chi connectivity index (χ4n) is 3.91. The first-order chi connectivity index (χ1) is 17.1. The molecule has 0 spiro atoms. The van der Waals surface area contributed by atoms with Gasteiger partial charge in [-0.25, -0.2) is 14.4 Å². The van der Waals surface area contributed by atoms with Crippen LogP contribution in [0.15, 0.2) is 53.5 Å². The van der Waals surface area contributed by atoms with Gasteiger partial charge in [-0.05, 0) is 17.7 Å². The van der Waals surface area contributed by atoms with Gasteiger partial charge in [-0.1, -0.05) is 28.1 Å². The minimum absolute atomic E-state index is 0.0323. The van der Waals surface area contributed by atoms with Crippen molar-refractivity contribution in [3.8, 4) is 0 Å². The Bertz CT molecular complexity index is 1370. The first-order valence-corrected chi connectivity index (χ1v) is 12.9. The summed E-state index contributed by atoms with van der Waals surface area (Å²) in [6, 6.07) is 7.27. The van der Waals surface area contributed by atoms with Crippen molar-refractivity contribution in [3.05, 3.63) is 76.2 Å². The molecule has 1 aliphatic rings. The van der Waals surface area contributed by atoms with Crippen molar-refractivity contribution in [3.63, 3.8) is 0 Å². The zero-order chi connectivity index (χ0) is 26.0. The number of carbonyl (C=O) groups excluding carboxylic acids is 1. The predicted octanol–water partition coefficient (Wildman–Crippen LogP) is 2.19. The third-order valence-corrected chi connectivity index (χ3v) is 7.20. The van der Waals surface area contributed by atoms with E-state index in [0.29, 0.717) is 0 Å². The number of rotatable bonds is 9. The van der Waals surface area contributed by atoms with Crippen molar-refractivity contribution >= 4 is 37.8 Å². The van der Waals surface area contributed by atoms with Crippen LogP contribution in [0.4, 0.5) is 14.6 Å². The molecule has 0 saturated heterocycles. The summed E-state index contributed by atoms with van der Waals surface area (Å²) in [4.78, 5) is 21.0. The Morgan fingerprint density at radius 1 is 1.36 bits per heavy atom. The number of aliphatic hydroxyl groups excluding tert-OH is 1. The van der Waals surface area contributed by atoms with E-state index in [1.807, 2.05) is 29.0 Å². The summed E-state index contributed by atoms with van der Waals surface area (Å²) in [5, 5.41) is 12.8. The van der Waals surface area contributed by atoms with E-state index in [4.69, 9.17) is 4.18 Å². The molecule has 2 heterocycles. The molecule has 3 aromatic rings. The third kappa shape index (κ3) is 5.78. The Morgan fingerprint density at radius 2 is 2.14 bits per heavy atom. The molecule has 1 fully saturated rings. The Labute approximate surface area is 214 Å². The minimum Gasteiger partial charge on any atom is -0.387 e. The maximum atomic E-state index is 14.8. The third-order valence-electron chi connectivity index (χ3n) is 5.71. The summed E-state index contributed by atoms with van der Waals surface area (Å²) in [5.41, 5.74) is 0.796. The van der Waals surface area contributed by atoms with Gasteiger partial charge in [-0.15, -0.1) is 0 Å². The molecule has 0 aliphatic heterocycles. The smallest absolute Gasteiger partial charge is 0.335 e. The monoisotopic (exact) mass is 585 g/mol. The molecular formula is C22H22BrF2N5O5S. The maximum Gasteiger partial charge on any atom is 0.335 e. The highest BCUT2D eigenvalue weighted by Gasteiger charge is 2.46. The fourth-order valence-corrected chi connectivity index (χ4v) is 4.97. The number of carbonyl (C=O) groups is 1. The van der Waals surface area contributed by atoms with Gasteiger partial charge in [0.2, 0.25) is 0 Å². The van der Waals surface area contributed by atoms with Crippen LogP contribution in [0.3, 0.4) is 0 Å². The molecule has 0 radical (unpaired) electrons. The number of alkyl halides is 1. The molecule has 10 nitrogen and oxygen atoms in total. The molecule has 0 amide bonds. The van der Waals surface area contributed by atoms with Crippen LogP contribution in [0.1, 0.15) is 27.9 Å². The van der Waals surface area contributed by atoms with Crippen LogP contribution in [0.2, 0.25) is 0 Å². The highest BCUT2D eigenvalue weighted by Crippen LogP contribution is 2.30. The lowest BCUT2D eigenvalue weighted by Crippen LogP contribution is -2.35. The molecule has 4 rings (SSSR count). The van der Waals surface area contributed by atoms with E-state index >= 15 is 0 Å². The van der Waals surface area contributed by atoms with Crippen LogP contribution in [-0.2, 0) is 21.0 Å². The zero-order valence-electron chi connectivity index (χ0n) is 18.8. The summed E-state index contributed by atoms with van der Waals surface area (Å²) in [6.45, 7) is 0.190. The van der Waals surface area contributed by atoms with Crippen LogP contribution in [0.5, 0.6) is 0 Å². The molecule has 3 N–H and O–H groups in total. The molecule has 36 heavy (non-hydrogen) atoms. The molecule has 1 aromatic carbocycles. The van der Waals surface area contributed by atoms with E-state index in [2.05, 4.69) is 31.2 Å². The average molecular weight is 586 g/mol. The number of aromatic nitrogens is 3. The van der Waals surface area contributed by atoms with Gasteiger partial charge in [0.05, 0.1) is 11.6 Å². The topological polar surface area (TPSA) is 135 Å². The lowest BCUT2D eigenvalue weighted by molar-refractivity contribution is 0.0248. The molecule has 0 unspecified atom stereocenters. The van der Waals surface area contributed by atoms with Gasteiger partial charge >= 0.3 is 10.3 Å². The molecule has 4 atom stereocenters. The highest BCUT2D eigenvalue weighted by molar-refractivity contribution is 9.10. The van der Waals surface area contributed by atoms with E-state index in [1.165, 1.54) is 17.0 Å². The lowest BCUT2D eigenvalue weighted by atomic mass is 10.1. The molecule has 14 heteroatoms. The van der Waals surface area contributed by atoms with E-state index in [0.717, 1.165) is 29.5 Å². The van der Waals surface area contributed by atoms with E-state index < -0.39 is 46.5 Å². The van der Waals surface area contributed by atoms with Crippen molar-refractivity contribution in [2.45, 2.75) is 37.4 Å². The first kappa shape index (κ1) is 26.3. The maximum absolute atomic E-state index is 14.8. The van der Waals surface area contributed by atoms with E-state index in [-0.39, 0.29) is 29.9 Å². The summed E-state index contributed by atoms with van der Waals surface area (Å²) >= 11 is 3.37. The van der Waals surface area contributed by atoms with E-state index in [1.54, 1.807) is 0 Å². The number of halogens is 3. The van der Waals surface area contributed by atoms with Crippen LogP contribution in [0.25, 0.3) is 0 Å². The van der Waals surface area contributed by atoms with Crippen LogP contribution >= 0.6 is 15.9 Å². The van der Waals surface area contributed by atoms with Gasteiger partial charge in [0, 0.05) is 48.5 Å². The highest BCUT2D eigenvalue weighted by atomic mass is 79.9. The van der Waals surface area contributed by atoms with Crippen LogP contribution in [0, 0.1) is 5.95 Å². The molecule has 0 bridgehead atoms. The van der Waals surface area contributed by atoms with Gasteiger partial charge in [0.15, 0.2) is 11.7 Å². The summed E-state index contributed by atoms with van der Waals surface area (Å²) in [6.07, 6.45) is -1.51. The second kappa shape index (κ2) is 10.7. The van der Waals surface area contributed by atoms with Gasteiger partial charge in [0.25, 0.3) is 0 Å². The van der Waals surface area contributed by atoms with Crippen molar-refractivity contribution in [2.24, 2.45) is 0 Å². The Balaban J connectivity index is 1.53. The predicted molar refractivity (Wildman–Crippen MR) is 129 cm³/mol. The second-order valence-corrected chi connectivity index (χ2v) is 10.6. The number of hydrogen-bond donors (Lipinski definition) is 3. The van der Waals surface area contributed by atoms with Gasteiger partial charge < -0.3 is 15.0 Å². The normalized spacial score (nSPS) is 22.0. The average Bonchev–Trinajstić information content (AvgIpc) is 3.33. The van der Waals surface area contributed by atoms with Crippen molar-refractivity contribution in [1.29, 1.82) is 0 Å². The molecule has 192 valence electrons. The lowest BCUT2D eigenvalue weighted by Gasteiger charge is -2.17. The quantitative estimate of drug-likeness (QED) is 0.325. The molecule has 1 aliphatic carbocycles. The van der Waals surface area contributed by atoms with Crippen LogP contribution in [-0.4, -0.2) is 65.3 Å². The first-order valence-electron chi connectivity index (χ1n) is 10.7. The largest absolute Gasteiger partial charge is 0.387 e. The Kier molecular flexibility index (Phi) is 7.80.